The van der Waals surface area contributed by atoms with Gasteiger partial charge in [0.15, 0.2) is 0 Å². The Morgan fingerprint density at radius 1 is 1.00 bits per heavy atom. The Morgan fingerprint density at radius 2 is 1.74 bits per heavy atom. The zero-order chi connectivity index (χ0) is 18.8. The van der Waals surface area contributed by atoms with Gasteiger partial charge in [-0.05, 0) is 32.1 Å². The fraction of sp³-hybridized carbons (Fsp3) is 0.800. The highest BCUT2D eigenvalue weighted by Gasteiger charge is 2.32. The molecule has 2 fully saturated rings. The average Bonchev–Trinajstić information content (AvgIpc) is 3.12. The second-order valence-electron chi connectivity index (χ2n) is 8.44. The predicted molar refractivity (Wildman–Crippen MR) is 101 cm³/mol. The van der Waals surface area contributed by atoms with E-state index in [9.17, 15) is 9.59 Å². The normalized spacial score (nSPS) is 24.5. The number of aromatic nitrogens is 3. The van der Waals surface area contributed by atoms with Gasteiger partial charge in [-0.2, -0.15) is 0 Å². The molecular formula is C20H31N5O2. The van der Waals surface area contributed by atoms with Gasteiger partial charge < -0.3 is 14.8 Å². The number of hydrogen-bond donors (Lipinski definition) is 1. The second kappa shape index (κ2) is 7.98. The molecule has 0 aromatic carbocycles. The molecule has 4 rings (SSSR count). The molecule has 1 aliphatic carbocycles. The Hall–Kier alpha value is -1.92. The second-order valence-corrected chi connectivity index (χ2v) is 8.44. The van der Waals surface area contributed by atoms with E-state index in [0.717, 1.165) is 63.3 Å². The van der Waals surface area contributed by atoms with Crippen molar-refractivity contribution < 1.29 is 9.59 Å². The Labute approximate surface area is 160 Å². The van der Waals surface area contributed by atoms with Crippen molar-refractivity contribution in [3.63, 3.8) is 0 Å². The van der Waals surface area contributed by atoms with Crippen molar-refractivity contribution >= 4 is 11.8 Å². The number of fused-ring (bicyclic) bond motifs is 1. The summed E-state index contributed by atoms with van der Waals surface area (Å²) in [5, 5.41) is 12.2. The number of nitrogens with zero attached hydrogens (tertiary/aromatic N) is 4. The number of rotatable bonds is 3. The number of piperidine rings is 1. The highest BCUT2D eigenvalue weighted by Crippen LogP contribution is 2.30. The van der Waals surface area contributed by atoms with Crippen LogP contribution in [-0.4, -0.2) is 50.6 Å². The molecule has 1 atom stereocenters. The Balaban J connectivity index is 1.39. The quantitative estimate of drug-likeness (QED) is 0.879. The molecule has 3 aliphatic rings. The summed E-state index contributed by atoms with van der Waals surface area (Å²) in [6, 6.07) is 0.365. The fourth-order valence-electron chi connectivity index (χ4n) is 4.88. The van der Waals surface area contributed by atoms with Crippen LogP contribution in [0.3, 0.4) is 0 Å². The number of amides is 2. The molecule has 0 spiro atoms. The van der Waals surface area contributed by atoms with Crippen LogP contribution in [0.5, 0.6) is 0 Å². The lowest BCUT2D eigenvalue weighted by Gasteiger charge is -2.32. The minimum atomic E-state index is 0.0199. The summed E-state index contributed by atoms with van der Waals surface area (Å²) in [6.07, 6.45) is 9.54. The van der Waals surface area contributed by atoms with Crippen molar-refractivity contribution in [3.05, 3.63) is 11.6 Å². The van der Waals surface area contributed by atoms with Crippen LogP contribution < -0.4 is 5.32 Å². The lowest BCUT2D eigenvalue weighted by molar-refractivity contribution is -0.130. The molecule has 1 saturated carbocycles. The van der Waals surface area contributed by atoms with Crippen molar-refractivity contribution in [3.8, 4) is 0 Å². The first-order chi connectivity index (χ1) is 13.1. The summed E-state index contributed by atoms with van der Waals surface area (Å²) >= 11 is 0. The summed E-state index contributed by atoms with van der Waals surface area (Å²) in [5.41, 5.74) is 0. The van der Waals surface area contributed by atoms with Crippen molar-refractivity contribution in [2.45, 2.75) is 83.2 Å². The Kier molecular flexibility index (Phi) is 5.45. The number of carbonyl (C=O) groups excluding carboxylic acids is 2. The van der Waals surface area contributed by atoms with E-state index in [4.69, 9.17) is 0 Å². The van der Waals surface area contributed by atoms with E-state index in [0.29, 0.717) is 18.5 Å². The first-order valence-corrected chi connectivity index (χ1v) is 10.6. The molecule has 27 heavy (non-hydrogen) atoms. The standard InChI is InChI=1S/C20H31N5O2/c1-14(26)24-11-9-15(10-12-24)19-23-22-18-8-7-16(13-25(18)19)20(27)21-17-5-3-2-4-6-17/h15-17H,2-13H2,1H3,(H,21,27)/t16-/m1/s1. The number of aryl methyl sites for hydroxylation is 1. The largest absolute Gasteiger partial charge is 0.353 e. The number of hydrogen-bond acceptors (Lipinski definition) is 4. The first kappa shape index (κ1) is 18.4. The molecule has 2 aliphatic heterocycles. The van der Waals surface area contributed by atoms with E-state index in [1.165, 1.54) is 19.3 Å². The van der Waals surface area contributed by atoms with Crippen LogP contribution in [0.25, 0.3) is 0 Å². The van der Waals surface area contributed by atoms with Crippen molar-refractivity contribution in [2.24, 2.45) is 5.92 Å². The summed E-state index contributed by atoms with van der Waals surface area (Å²) < 4.78 is 2.20. The Bertz CT molecular complexity index is 687. The summed E-state index contributed by atoms with van der Waals surface area (Å²) in [4.78, 5) is 26.3. The van der Waals surface area contributed by atoms with Crippen LogP contribution in [0.15, 0.2) is 0 Å². The zero-order valence-corrected chi connectivity index (χ0v) is 16.3. The van der Waals surface area contributed by atoms with E-state index < -0.39 is 0 Å². The topological polar surface area (TPSA) is 80.1 Å². The van der Waals surface area contributed by atoms with Gasteiger partial charge in [0.1, 0.15) is 11.6 Å². The molecule has 7 heteroatoms. The summed E-state index contributed by atoms with van der Waals surface area (Å²) in [7, 11) is 0. The molecule has 1 saturated heterocycles. The minimum Gasteiger partial charge on any atom is -0.353 e. The molecule has 2 amide bonds. The lowest BCUT2D eigenvalue weighted by atomic mass is 9.92. The van der Waals surface area contributed by atoms with Crippen LogP contribution in [0, 0.1) is 5.92 Å². The molecular weight excluding hydrogens is 342 g/mol. The average molecular weight is 374 g/mol. The predicted octanol–water partition coefficient (Wildman–Crippen LogP) is 2.02. The third-order valence-corrected chi connectivity index (χ3v) is 6.60. The summed E-state index contributed by atoms with van der Waals surface area (Å²) in [5.74, 6) is 2.74. The smallest absolute Gasteiger partial charge is 0.225 e. The van der Waals surface area contributed by atoms with Crippen LogP contribution in [0.1, 0.15) is 75.9 Å². The van der Waals surface area contributed by atoms with Gasteiger partial charge in [0.05, 0.1) is 5.92 Å². The maximum Gasteiger partial charge on any atom is 0.225 e. The van der Waals surface area contributed by atoms with Gasteiger partial charge in [-0.25, -0.2) is 0 Å². The molecule has 0 unspecified atom stereocenters. The number of nitrogens with one attached hydrogen (secondary N) is 1. The van der Waals surface area contributed by atoms with Gasteiger partial charge in [0.2, 0.25) is 11.8 Å². The zero-order valence-electron chi connectivity index (χ0n) is 16.3. The van der Waals surface area contributed by atoms with E-state index in [1.54, 1.807) is 6.92 Å². The van der Waals surface area contributed by atoms with Gasteiger partial charge in [0.25, 0.3) is 0 Å². The third-order valence-electron chi connectivity index (χ3n) is 6.60. The lowest BCUT2D eigenvalue weighted by Crippen LogP contribution is -2.43. The van der Waals surface area contributed by atoms with Gasteiger partial charge in [-0.3, -0.25) is 9.59 Å². The van der Waals surface area contributed by atoms with Crippen molar-refractivity contribution in [1.29, 1.82) is 0 Å². The monoisotopic (exact) mass is 373 g/mol. The molecule has 0 radical (unpaired) electrons. The molecule has 1 N–H and O–H groups in total. The highest BCUT2D eigenvalue weighted by atomic mass is 16.2. The van der Waals surface area contributed by atoms with E-state index in [-0.39, 0.29) is 17.7 Å². The fourth-order valence-corrected chi connectivity index (χ4v) is 4.88. The van der Waals surface area contributed by atoms with E-state index >= 15 is 0 Å². The molecule has 1 aromatic rings. The molecule has 148 valence electrons. The van der Waals surface area contributed by atoms with Gasteiger partial charge in [-0.15, -0.1) is 10.2 Å². The van der Waals surface area contributed by atoms with Crippen LogP contribution >= 0.6 is 0 Å². The Morgan fingerprint density at radius 3 is 2.44 bits per heavy atom. The van der Waals surface area contributed by atoms with Crippen molar-refractivity contribution in [2.75, 3.05) is 13.1 Å². The van der Waals surface area contributed by atoms with Crippen molar-refractivity contribution in [1.82, 2.24) is 25.0 Å². The van der Waals surface area contributed by atoms with E-state index in [2.05, 4.69) is 20.1 Å². The number of carbonyl (C=O) groups is 2. The minimum absolute atomic E-state index is 0.0199. The highest BCUT2D eigenvalue weighted by molar-refractivity contribution is 5.79. The summed E-state index contributed by atoms with van der Waals surface area (Å²) in [6.45, 7) is 3.90. The number of likely N-dealkylation sites (tertiary alicyclic amines) is 1. The van der Waals surface area contributed by atoms with Gasteiger partial charge in [-0.1, -0.05) is 19.3 Å². The van der Waals surface area contributed by atoms with Crippen LogP contribution in [0.2, 0.25) is 0 Å². The molecule has 0 bridgehead atoms. The maximum absolute atomic E-state index is 12.8. The third kappa shape index (κ3) is 4.01. The molecule has 7 nitrogen and oxygen atoms in total. The first-order valence-electron chi connectivity index (χ1n) is 10.6. The SMILES string of the molecule is CC(=O)N1CCC(c2nnc3n2C[C@H](C(=O)NC2CCCCC2)CC3)CC1. The molecule has 3 heterocycles. The molecule has 1 aromatic heterocycles. The van der Waals surface area contributed by atoms with Gasteiger partial charge >= 0.3 is 0 Å². The van der Waals surface area contributed by atoms with Gasteiger partial charge in [0, 0.05) is 44.9 Å². The maximum atomic E-state index is 12.8. The van der Waals surface area contributed by atoms with Crippen LogP contribution in [-0.2, 0) is 22.6 Å². The van der Waals surface area contributed by atoms with Crippen LogP contribution in [0.4, 0.5) is 0 Å². The van der Waals surface area contributed by atoms with E-state index in [1.807, 2.05) is 4.90 Å².